The Kier molecular flexibility index (Phi) is 2.12. The van der Waals surface area contributed by atoms with Crippen molar-refractivity contribution >= 4 is 5.91 Å². The monoisotopic (exact) mass is 180 g/mol. The van der Waals surface area contributed by atoms with Crippen molar-refractivity contribution in [3.05, 3.63) is 18.7 Å². The molecule has 0 bridgehead atoms. The molecule has 70 valence electrons. The molecule has 0 radical (unpaired) electrons. The average molecular weight is 180 g/mol. The van der Waals surface area contributed by atoms with Crippen molar-refractivity contribution < 1.29 is 4.79 Å². The third-order valence-corrected chi connectivity index (χ3v) is 2.30. The predicted molar refractivity (Wildman–Crippen MR) is 47.2 cm³/mol. The molecule has 0 aliphatic carbocycles. The molecule has 2 heterocycles. The van der Waals surface area contributed by atoms with E-state index in [2.05, 4.69) is 10.3 Å². The number of carbonyl (C=O) groups is 1. The summed E-state index contributed by atoms with van der Waals surface area (Å²) in [5.74, 6) is -0.0255. The number of imidazole rings is 1. The summed E-state index contributed by atoms with van der Waals surface area (Å²) in [6.45, 7) is 0.812. The van der Waals surface area contributed by atoms with Crippen molar-refractivity contribution in [3.8, 4) is 0 Å². The zero-order chi connectivity index (χ0) is 9.26. The molecule has 0 amide bonds. The van der Waals surface area contributed by atoms with Gasteiger partial charge in [0.15, 0.2) is 0 Å². The highest BCUT2D eigenvalue weighted by atomic mass is 16.2. The first kappa shape index (κ1) is 8.40. The van der Waals surface area contributed by atoms with Crippen molar-refractivity contribution in [1.29, 1.82) is 0 Å². The second kappa shape index (κ2) is 3.27. The van der Waals surface area contributed by atoms with Gasteiger partial charge in [0.25, 0.3) is 5.91 Å². The fourth-order valence-corrected chi connectivity index (χ4v) is 1.54. The first-order chi connectivity index (χ1) is 6.29. The summed E-state index contributed by atoms with van der Waals surface area (Å²) in [7, 11) is 0. The summed E-state index contributed by atoms with van der Waals surface area (Å²) in [6, 6.07) is -0.330. The fourth-order valence-electron chi connectivity index (χ4n) is 1.54. The third-order valence-electron chi connectivity index (χ3n) is 2.30. The molecule has 1 fully saturated rings. The van der Waals surface area contributed by atoms with Crippen LogP contribution >= 0.6 is 0 Å². The Balaban J connectivity index is 2.13. The minimum Gasteiger partial charge on any atom is -0.326 e. The van der Waals surface area contributed by atoms with Crippen LogP contribution in [0, 0.1) is 0 Å². The molecule has 1 aromatic rings. The van der Waals surface area contributed by atoms with Crippen LogP contribution < -0.4 is 11.1 Å². The molecule has 1 aliphatic heterocycles. The van der Waals surface area contributed by atoms with Crippen molar-refractivity contribution in [2.45, 2.75) is 18.5 Å². The van der Waals surface area contributed by atoms with Gasteiger partial charge in [-0.2, -0.15) is 0 Å². The minimum absolute atomic E-state index is 0.0255. The summed E-state index contributed by atoms with van der Waals surface area (Å²) in [5.41, 5.74) is 5.77. The lowest BCUT2D eigenvalue weighted by Gasteiger charge is -2.13. The maximum absolute atomic E-state index is 11.7. The van der Waals surface area contributed by atoms with E-state index in [0.29, 0.717) is 0 Å². The summed E-state index contributed by atoms with van der Waals surface area (Å²) in [4.78, 5) is 15.5. The third kappa shape index (κ3) is 1.48. The Bertz CT molecular complexity index is 295. The molecule has 2 atom stereocenters. The van der Waals surface area contributed by atoms with Gasteiger partial charge in [-0.25, -0.2) is 4.98 Å². The van der Waals surface area contributed by atoms with Crippen LogP contribution in [0.25, 0.3) is 0 Å². The minimum atomic E-state index is -0.255. The molecule has 1 aliphatic rings. The fraction of sp³-hybridized carbons (Fsp3) is 0.500. The summed E-state index contributed by atoms with van der Waals surface area (Å²) in [6.07, 6.45) is 5.56. The van der Waals surface area contributed by atoms with Crippen LogP contribution in [0.5, 0.6) is 0 Å². The average Bonchev–Trinajstić information content (AvgIpc) is 2.72. The van der Waals surface area contributed by atoms with E-state index >= 15 is 0 Å². The van der Waals surface area contributed by atoms with Crippen LogP contribution in [0.3, 0.4) is 0 Å². The molecule has 1 aromatic heterocycles. The number of aromatic nitrogens is 2. The van der Waals surface area contributed by atoms with Crippen LogP contribution in [0.4, 0.5) is 0 Å². The lowest BCUT2D eigenvalue weighted by Crippen LogP contribution is -2.45. The normalized spacial score (nSPS) is 27.8. The van der Waals surface area contributed by atoms with Gasteiger partial charge < -0.3 is 11.1 Å². The van der Waals surface area contributed by atoms with E-state index in [1.54, 1.807) is 12.4 Å². The maximum Gasteiger partial charge on any atom is 0.250 e. The zero-order valence-electron chi connectivity index (χ0n) is 7.18. The molecule has 3 N–H and O–H groups in total. The number of nitrogens with one attached hydrogen (secondary N) is 1. The first-order valence-corrected chi connectivity index (χ1v) is 4.30. The molecule has 1 saturated heterocycles. The SMILES string of the molecule is NC1CCN[C@@H]1C(=O)n1ccnc1. The van der Waals surface area contributed by atoms with Crippen molar-refractivity contribution in [2.24, 2.45) is 5.73 Å². The zero-order valence-corrected chi connectivity index (χ0v) is 7.18. The number of hydrogen-bond donors (Lipinski definition) is 2. The van der Waals surface area contributed by atoms with E-state index in [4.69, 9.17) is 5.73 Å². The molecule has 2 rings (SSSR count). The van der Waals surface area contributed by atoms with Crippen LogP contribution in [0.2, 0.25) is 0 Å². The molecule has 0 aromatic carbocycles. The largest absolute Gasteiger partial charge is 0.326 e. The van der Waals surface area contributed by atoms with Gasteiger partial charge in [0, 0.05) is 18.4 Å². The van der Waals surface area contributed by atoms with Gasteiger partial charge >= 0.3 is 0 Å². The summed E-state index contributed by atoms with van der Waals surface area (Å²) < 4.78 is 1.46. The second-order valence-corrected chi connectivity index (χ2v) is 3.19. The number of nitrogens with zero attached hydrogens (tertiary/aromatic N) is 2. The number of rotatable bonds is 1. The predicted octanol–water partition coefficient (Wildman–Crippen LogP) is -0.787. The highest BCUT2D eigenvalue weighted by Gasteiger charge is 2.30. The Morgan fingerprint density at radius 2 is 2.54 bits per heavy atom. The molecule has 1 unspecified atom stereocenters. The Labute approximate surface area is 75.9 Å². The molecule has 13 heavy (non-hydrogen) atoms. The molecular weight excluding hydrogens is 168 g/mol. The van der Waals surface area contributed by atoms with Crippen LogP contribution in [0.1, 0.15) is 11.2 Å². The van der Waals surface area contributed by atoms with Crippen molar-refractivity contribution in [2.75, 3.05) is 6.54 Å². The van der Waals surface area contributed by atoms with Gasteiger partial charge in [-0.05, 0) is 13.0 Å². The molecule has 5 heteroatoms. The van der Waals surface area contributed by atoms with Gasteiger partial charge in [-0.15, -0.1) is 0 Å². The van der Waals surface area contributed by atoms with E-state index in [1.807, 2.05) is 0 Å². The Morgan fingerprint density at radius 3 is 3.08 bits per heavy atom. The smallest absolute Gasteiger partial charge is 0.250 e. The first-order valence-electron chi connectivity index (χ1n) is 4.30. The van der Waals surface area contributed by atoms with Crippen molar-refractivity contribution in [3.63, 3.8) is 0 Å². The van der Waals surface area contributed by atoms with Crippen LogP contribution in [0.15, 0.2) is 18.7 Å². The molecule has 5 nitrogen and oxygen atoms in total. The molecular formula is C8H12N4O. The number of carbonyl (C=O) groups excluding carboxylic acids is 1. The lowest BCUT2D eigenvalue weighted by atomic mass is 10.1. The van der Waals surface area contributed by atoms with Gasteiger partial charge in [-0.1, -0.05) is 0 Å². The summed E-state index contributed by atoms with van der Waals surface area (Å²) in [5, 5.41) is 3.07. The van der Waals surface area contributed by atoms with E-state index in [9.17, 15) is 4.79 Å². The highest BCUT2D eigenvalue weighted by Crippen LogP contribution is 2.06. The Hall–Kier alpha value is -1.20. The van der Waals surface area contributed by atoms with Gasteiger partial charge in [0.2, 0.25) is 0 Å². The van der Waals surface area contributed by atoms with Crippen molar-refractivity contribution in [1.82, 2.24) is 14.9 Å². The quantitative estimate of drug-likeness (QED) is 0.594. The lowest BCUT2D eigenvalue weighted by molar-refractivity contribution is 0.0862. The maximum atomic E-state index is 11.7. The highest BCUT2D eigenvalue weighted by molar-refractivity contribution is 5.85. The summed E-state index contributed by atoms with van der Waals surface area (Å²) >= 11 is 0. The topological polar surface area (TPSA) is 72.9 Å². The number of hydrogen-bond acceptors (Lipinski definition) is 4. The van der Waals surface area contributed by atoms with Gasteiger partial charge in [-0.3, -0.25) is 9.36 Å². The van der Waals surface area contributed by atoms with E-state index in [0.717, 1.165) is 13.0 Å². The standard InChI is InChI=1S/C8H12N4O/c9-6-1-2-11-7(6)8(13)12-4-3-10-5-12/h3-7,11H,1-2,9H2/t6?,7-/m0/s1. The second-order valence-electron chi connectivity index (χ2n) is 3.19. The van der Waals surface area contributed by atoms with E-state index in [-0.39, 0.29) is 18.0 Å². The molecule has 0 saturated carbocycles. The van der Waals surface area contributed by atoms with Crippen LogP contribution in [-0.4, -0.2) is 34.1 Å². The van der Waals surface area contributed by atoms with Gasteiger partial charge in [0.05, 0.1) is 0 Å². The number of nitrogens with two attached hydrogens (primary N) is 1. The Morgan fingerprint density at radius 1 is 1.69 bits per heavy atom. The molecule has 0 spiro atoms. The van der Waals surface area contributed by atoms with E-state index < -0.39 is 0 Å². The van der Waals surface area contributed by atoms with Crippen LogP contribution in [-0.2, 0) is 0 Å². The van der Waals surface area contributed by atoms with Gasteiger partial charge in [0.1, 0.15) is 12.4 Å². The van der Waals surface area contributed by atoms with E-state index in [1.165, 1.54) is 10.9 Å².